The van der Waals surface area contributed by atoms with Crippen LogP contribution in [0.1, 0.15) is 16.2 Å². The van der Waals surface area contributed by atoms with E-state index in [1.165, 1.54) is 12.4 Å². The number of ketones is 1. The van der Waals surface area contributed by atoms with Gasteiger partial charge < -0.3 is 5.21 Å². The van der Waals surface area contributed by atoms with E-state index in [4.69, 9.17) is 0 Å². The molecule has 70 valence electrons. The summed E-state index contributed by atoms with van der Waals surface area (Å²) in [7, 11) is 0. The molecule has 0 bridgehead atoms. The van der Waals surface area contributed by atoms with Gasteiger partial charge in [-0.1, -0.05) is 30.3 Å². The van der Waals surface area contributed by atoms with Crippen molar-refractivity contribution in [2.24, 2.45) is 0 Å². The predicted molar refractivity (Wildman–Crippen MR) is 48.0 cm³/mol. The predicted octanol–water partition coefficient (Wildman–Crippen LogP) is 0.770. The average molecular weight is 189 g/mol. The highest BCUT2D eigenvalue weighted by Crippen LogP contribution is 2.03. The molecule has 0 radical (unpaired) electrons. The van der Waals surface area contributed by atoms with E-state index in [2.05, 4.69) is 4.98 Å². The highest BCUT2D eigenvalue weighted by atomic mass is 16.5. The number of carbonyl (C=O) groups excluding carboxylic acids is 1. The number of imidazole rings is 1. The monoisotopic (exact) mass is 189 g/mol. The summed E-state index contributed by atoms with van der Waals surface area (Å²) in [4.78, 5) is 14.4. The summed E-state index contributed by atoms with van der Waals surface area (Å²) in [5, 5.41) is 9.25. The minimum absolute atomic E-state index is 0.149. The van der Waals surface area contributed by atoms with Crippen LogP contribution in [0.5, 0.6) is 0 Å². The van der Waals surface area contributed by atoms with E-state index in [9.17, 15) is 10.0 Å². The van der Waals surface area contributed by atoms with E-state index < -0.39 is 0 Å². The van der Waals surface area contributed by atoms with Crippen molar-refractivity contribution in [3.05, 3.63) is 54.1 Å². The molecule has 2 aromatic rings. The molecule has 1 heterocycles. The Kier molecular flexibility index (Phi) is 2.02. The molecule has 4 heteroatoms. The maximum absolute atomic E-state index is 11.7. The molecule has 0 saturated carbocycles. The lowest BCUT2D eigenvalue weighted by molar-refractivity contribution is -0.904. The fourth-order valence-corrected chi connectivity index (χ4v) is 1.22. The molecule has 0 amide bonds. The first kappa shape index (κ1) is 8.50. The maximum atomic E-state index is 11.7. The van der Waals surface area contributed by atoms with Gasteiger partial charge in [-0.3, -0.25) is 4.79 Å². The SMILES string of the molecule is O=C(c1ccccc1)c1[nH]cc[n+]1O. The lowest BCUT2D eigenvalue weighted by Gasteiger charge is -1.93. The first-order valence-electron chi connectivity index (χ1n) is 4.17. The molecule has 0 spiro atoms. The second-order valence-electron chi connectivity index (χ2n) is 2.85. The first-order chi connectivity index (χ1) is 6.79. The fraction of sp³-hybridized carbons (Fsp3) is 0. The third-order valence-corrected chi connectivity index (χ3v) is 1.92. The van der Waals surface area contributed by atoms with Gasteiger partial charge in [-0.25, -0.2) is 4.98 Å². The molecule has 1 aromatic heterocycles. The Morgan fingerprint density at radius 3 is 2.57 bits per heavy atom. The summed E-state index contributed by atoms with van der Waals surface area (Å²) in [6, 6.07) is 8.78. The average Bonchev–Trinajstić information content (AvgIpc) is 2.65. The standard InChI is InChI=1S/C10H8N2O2/c13-9(8-4-2-1-3-5-8)10-11-6-7-12(10)14/h1-7,14H/p+1. The summed E-state index contributed by atoms with van der Waals surface area (Å²) < 4.78 is 0.773. The van der Waals surface area contributed by atoms with Crippen LogP contribution in [-0.2, 0) is 0 Å². The van der Waals surface area contributed by atoms with Gasteiger partial charge in [0.2, 0.25) is 0 Å². The number of H-pyrrole nitrogens is 1. The minimum Gasteiger partial charge on any atom is -0.349 e. The first-order valence-corrected chi connectivity index (χ1v) is 4.17. The van der Waals surface area contributed by atoms with Gasteiger partial charge in [-0.15, -0.1) is 0 Å². The Morgan fingerprint density at radius 1 is 1.29 bits per heavy atom. The van der Waals surface area contributed by atoms with E-state index in [1.54, 1.807) is 24.3 Å². The van der Waals surface area contributed by atoms with Crippen LogP contribution in [0.3, 0.4) is 0 Å². The third-order valence-electron chi connectivity index (χ3n) is 1.92. The zero-order valence-electron chi connectivity index (χ0n) is 7.34. The number of rotatable bonds is 2. The van der Waals surface area contributed by atoms with Gasteiger partial charge in [0, 0.05) is 5.56 Å². The lowest BCUT2D eigenvalue weighted by Crippen LogP contribution is -2.35. The van der Waals surface area contributed by atoms with Crippen molar-refractivity contribution in [3.63, 3.8) is 0 Å². The van der Waals surface area contributed by atoms with Crippen LogP contribution in [0.4, 0.5) is 0 Å². The van der Waals surface area contributed by atoms with Crippen molar-refractivity contribution < 1.29 is 14.7 Å². The summed E-state index contributed by atoms with van der Waals surface area (Å²) in [5.41, 5.74) is 0.540. The van der Waals surface area contributed by atoms with Crippen molar-refractivity contribution in [2.45, 2.75) is 0 Å². The molecule has 0 fully saturated rings. The molecular formula is C10H9N2O2+. The van der Waals surface area contributed by atoms with Crippen molar-refractivity contribution in [2.75, 3.05) is 0 Å². The maximum Gasteiger partial charge on any atom is 0.367 e. The van der Waals surface area contributed by atoms with Crippen LogP contribution >= 0.6 is 0 Å². The van der Waals surface area contributed by atoms with E-state index in [0.717, 1.165) is 4.73 Å². The van der Waals surface area contributed by atoms with E-state index >= 15 is 0 Å². The molecule has 2 rings (SSSR count). The number of aromatic nitrogens is 2. The van der Waals surface area contributed by atoms with E-state index in [0.29, 0.717) is 5.56 Å². The molecule has 0 saturated heterocycles. The highest BCUT2D eigenvalue weighted by Gasteiger charge is 2.20. The Labute approximate surface area is 80.4 Å². The van der Waals surface area contributed by atoms with Crippen LogP contribution in [0.25, 0.3) is 0 Å². The normalized spacial score (nSPS) is 10.0. The zero-order chi connectivity index (χ0) is 9.97. The molecule has 2 N–H and O–H groups in total. The van der Waals surface area contributed by atoms with Gasteiger partial charge in [0.15, 0.2) is 6.20 Å². The van der Waals surface area contributed by atoms with Gasteiger partial charge >= 0.3 is 5.82 Å². The zero-order valence-corrected chi connectivity index (χ0v) is 7.34. The van der Waals surface area contributed by atoms with Gasteiger partial charge in [0.25, 0.3) is 5.78 Å². The second-order valence-corrected chi connectivity index (χ2v) is 2.85. The van der Waals surface area contributed by atoms with Crippen LogP contribution in [0.2, 0.25) is 0 Å². The van der Waals surface area contributed by atoms with Crippen LogP contribution in [0, 0.1) is 0 Å². The van der Waals surface area contributed by atoms with Gasteiger partial charge in [0.05, 0.1) is 0 Å². The molecule has 0 aliphatic heterocycles. The van der Waals surface area contributed by atoms with Crippen LogP contribution < -0.4 is 4.73 Å². The van der Waals surface area contributed by atoms with Crippen molar-refractivity contribution in [1.29, 1.82) is 0 Å². The number of hydrogen-bond donors (Lipinski definition) is 2. The number of nitrogens with zero attached hydrogens (tertiary/aromatic N) is 1. The summed E-state index contributed by atoms with van der Waals surface area (Å²) in [6.07, 6.45) is 2.87. The third kappa shape index (κ3) is 1.37. The Balaban J connectivity index is 2.39. The number of nitrogens with one attached hydrogen (secondary N) is 1. The molecule has 0 unspecified atom stereocenters. The summed E-state index contributed by atoms with van der Waals surface area (Å²) in [6.45, 7) is 0. The van der Waals surface area contributed by atoms with Crippen molar-refractivity contribution in [3.8, 4) is 0 Å². The Bertz CT molecular complexity index is 448. The van der Waals surface area contributed by atoms with Gasteiger partial charge in [-0.2, -0.15) is 0 Å². The molecule has 14 heavy (non-hydrogen) atoms. The fourth-order valence-electron chi connectivity index (χ4n) is 1.22. The second kappa shape index (κ2) is 3.33. The number of aromatic amines is 1. The molecule has 0 aliphatic rings. The van der Waals surface area contributed by atoms with E-state index in [-0.39, 0.29) is 11.6 Å². The molecule has 0 atom stereocenters. The summed E-state index contributed by atoms with van der Waals surface area (Å²) >= 11 is 0. The van der Waals surface area contributed by atoms with Crippen molar-refractivity contribution >= 4 is 5.78 Å². The van der Waals surface area contributed by atoms with Crippen LogP contribution in [-0.4, -0.2) is 16.0 Å². The van der Waals surface area contributed by atoms with Crippen LogP contribution in [0.15, 0.2) is 42.7 Å². The quantitative estimate of drug-likeness (QED) is 0.416. The van der Waals surface area contributed by atoms with Gasteiger partial charge in [0.1, 0.15) is 6.20 Å². The number of hydrogen-bond acceptors (Lipinski definition) is 2. The minimum atomic E-state index is -0.238. The topological polar surface area (TPSA) is 57.0 Å². The van der Waals surface area contributed by atoms with Crippen molar-refractivity contribution in [1.82, 2.24) is 4.98 Å². The number of carbonyl (C=O) groups is 1. The van der Waals surface area contributed by atoms with Gasteiger partial charge in [-0.05, 0) is 4.73 Å². The largest absolute Gasteiger partial charge is 0.367 e. The lowest BCUT2D eigenvalue weighted by atomic mass is 10.1. The molecule has 1 aromatic carbocycles. The molecule has 4 nitrogen and oxygen atoms in total. The smallest absolute Gasteiger partial charge is 0.349 e. The Morgan fingerprint density at radius 2 is 2.00 bits per heavy atom. The number of benzene rings is 1. The van der Waals surface area contributed by atoms with E-state index in [1.807, 2.05) is 6.07 Å². The molecule has 0 aliphatic carbocycles. The Hall–Kier alpha value is -2.10. The highest BCUT2D eigenvalue weighted by molar-refractivity contribution is 6.05. The summed E-state index contributed by atoms with van der Waals surface area (Å²) in [5.74, 6) is -0.0886. The molecular weight excluding hydrogens is 180 g/mol.